The number of para-hydroxylation sites is 1. The summed E-state index contributed by atoms with van der Waals surface area (Å²) in [5, 5.41) is 8.11. The van der Waals surface area contributed by atoms with Crippen LogP contribution in [0.4, 0.5) is 0 Å². The molecular weight excluding hydrogens is 380 g/mol. The van der Waals surface area contributed by atoms with Crippen molar-refractivity contribution < 1.29 is 4.74 Å². The zero-order chi connectivity index (χ0) is 19.5. The summed E-state index contributed by atoms with van der Waals surface area (Å²) in [5.74, 6) is 0. The van der Waals surface area contributed by atoms with E-state index in [1.165, 1.54) is 0 Å². The van der Waals surface area contributed by atoms with Gasteiger partial charge in [-0.2, -0.15) is 5.10 Å². The van der Waals surface area contributed by atoms with Gasteiger partial charge in [0.05, 0.1) is 24.6 Å². The SMILES string of the molecule is C(=N\n1c(-c2ccccc2)csc1=NCC1CCCO1)/c1c[nH]c2ccccc12. The van der Waals surface area contributed by atoms with Crippen molar-refractivity contribution in [3.05, 3.63) is 76.5 Å². The second kappa shape index (κ2) is 8.19. The van der Waals surface area contributed by atoms with Crippen LogP contribution in [0, 0.1) is 0 Å². The van der Waals surface area contributed by atoms with Crippen molar-refractivity contribution in [2.24, 2.45) is 10.1 Å². The van der Waals surface area contributed by atoms with Crippen LogP contribution in [0.5, 0.6) is 0 Å². The standard InChI is InChI=1S/C23H22N4OS/c1-2-7-17(8-3-1)22-16-29-23(25-15-19-9-6-12-28-19)27(22)26-14-18-13-24-21-11-5-4-10-20(18)21/h1-5,7-8,10-11,13-14,16,19,24H,6,9,12,15H2/b25-23?,26-14+. The molecule has 2 aromatic heterocycles. The minimum atomic E-state index is 0.225. The summed E-state index contributed by atoms with van der Waals surface area (Å²) in [7, 11) is 0. The maximum atomic E-state index is 5.73. The van der Waals surface area contributed by atoms with Crippen LogP contribution in [-0.2, 0) is 4.74 Å². The molecule has 5 nitrogen and oxygen atoms in total. The fourth-order valence-electron chi connectivity index (χ4n) is 3.62. The van der Waals surface area contributed by atoms with E-state index >= 15 is 0 Å². The molecule has 1 aliphatic heterocycles. The molecule has 1 unspecified atom stereocenters. The average molecular weight is 403 g/mol. The van der Waals surface area contributed by atoms with Crippen LogP contribution in [0.2, 0.25) is 0 Å². The highest BCUT2D eigenvalue weighted by Crippen LogP contribution is 2.21. The monoisotopic (exact) mass is 402 g/mol. The summed E-state index contributed by atoms with van der Waals surface area (Å²) in [6.07, 6.45) is 6.33. The molecule has 146 valence electrons. The van der Waals surface area contributed by atoms with Crippen molar-refractivity contribution in [2.75, 3.05) is 13.2 Å². The molecule has 2 aromatic carbocycles. The molecule has 4 aromatic rings. The quantitative estimate of drug-likeness (QED) is 0.485. The molecule has 1 saturated heterocycles. The van der Waals surface area contributed by atoms with Gasteiger partial charge in [0.15, 0.2) is 0 Å². The van der Waals surface area contributed by atoms with E-state index in [1.807, 2.05) is 47.4 Å². The Hall–Kier alpha value is -2.96. The Morgan fingerprint density at radius 2 is 2.00 bits per heavy atom. The first-order valence-electron chi connectivity index (χ1n) is 9.87. The van der Waals surface area contributed by atoms with Crippen molar-refractivity contribution in [3.63, 3.8) is 0 Å². The van der Waals surface area contributed by atoms with Gasteiger partial charge >= 0.3 is 0 Å². The van der Waals surface area contributed by atoms with Crippen LogP contribution in [0.15, 0.2) is 76.3 Å². The van der Waals surface area contributed by atoms with Gasteiger partial charge in [-0.3, -0.25) is 4.99 Å². The largest absolute Gasteiger partial charge is 0.376 e. The Morgan fingerprint density at radius 1 is 1.14 bits per heavy atom. The number of aromatic nitrogens is 2. The van der Waals surface area contributed by atoms with Crippen molar-refractivity contribution in [1.82, 2.24) is 9.66 Å². The lowest BCUT2D eigenvalue weighted by Crippen LogP contribution is -2.17. The van der Waals surface area contributed by atoms with Gasteiger partial charge < -0.3 is 9.72 Å². The van der Waals surface area contributed by atoms with E-state index in [4.69, 9.17) is 14.8 Å². The topological polar surface area (TPSA) is 54.7 Å². The number of rotatable bonds is 5. The van der Waals surface area contributed by atoms with Crippen molar-refractivity contribution in [3.8, 4) is 11.3 Å². The number of fused-ring (bicyclic) bond motifs is 1. The Labute approximate surface area is 173 Å². The fraction of sp³-hybridized carbons (Fsp3) is 0.217. The highest BCUT2D eigenvalue weighted by molar-refractivity contribution is 7.07. The minimum Gasteiger partial charge on any atom is -0.376 e. The van der Waals surface area contributed by atoms with E-state index in [-0.39, 0.29) is 6.10 Å². The normalized spacial score (nSPS) is 17.7. The van der Waals surface area contributed by atoms with Gasteiger partial charge in [-0.1, -0.05) is 48.5 Å². The number of nitrogens with zero attached hydrogens (tertiary/aromatic N) is 3. The molecular formula is C23H22N4OS. The summed E-state index contributed by atoms with van der Waals surface area (Å²) in [6.45, 7) is 1.52. The minimum absolute atomic E-state index is 0.225. The molecule has 1 atom stereocenters. The second-order valence-electron chi connectivity index (χ2n) is 7.09. The van der Waals surface area contributed by atoms with Gasteiger partial charge in [-0.15, -0.1) is 11.3 Å². The predicted octanol–water partition coefficient (Wildman–Crippen LogP) is 4.66. The van der Waals surface area contributed by atoms with Gasteiger partial charge in [-0.25, -0.2) is 4.68 Å². The van der Waals surface area contributed by atoms with Crippen LogP contribution < -0.4 is 4.80 Å². The maximum Gasteiger partial charge on any atom is 0.206 e. The van der Waals surface area contributed by atoms with Crippen molar-refractivity contribution in [2.45, 2.75) is 18.9 Å². The highest BCUT2D eigenvalue weighted by atomic mass is 32.1. The van der Waals surface area contributed by atoms with E-state index in [0.29, 0.717) is 6.54 Å². The van der Waals surface area contributed by atoms with Crippen molar-refractivity contribution in [1.29, 1.82) is 0 Å². The fourth-order valence-corrected chi connectivity index (χ4v) is 4.46. The number of benzene rings is 2. The molecule has 0 radical (unpaired) electrons. The number of thiazole rings is 1. The number of hydrogen-bond acceptors (Lipinski definition) is 4. The first-order valence-corrected chi connectivity index (χ1v) is 10.7. The smallest absolute Gasteiger partial charge is 0.206 e. The first-order chi connectivity index (χ1) is 14.4. The molecule has 1 aliphatic rings. The number of aromatic amines is 1. The number of hydrogen-bond donors (Lipinski definition) is 1. The Morgan fingerprint density at radius 3 is 2.86 bits per heavy atom. The van der Waals surface area contributed by atoms with Crippen LogP contribution >= 0.6 is 11.3 Å². The van der Waals surface area contributed by atoms with Crippen LogP contribution in [0.1, 0.15) is 18.4 Å². The molecule has 0 amide bonds. The van der Waals surface area contributed by atoms with E-state index in [9.17, 15) is 0 Å². The van der Waals surface area contributed by atoms with Crippen LogP contribution in [-0.4, -0.2) is 35.1 Å². The van der Waals surface area contributed by atoms with Crippen LogP contribution in [0.3, 0.4) is 0 Å². The Kier molecular flexibility index (Phi) is 5.11. The molecule has 6 heteroatoms. The first kappa shape index (κ1) is 18.1. The summed E-state index contributed by atoms with van der Waals surface area (Å²) < 4.78 is 7.67. The van der Waals surface area contributed by atoms with Crippen LogP contribution in [0.25, 0.3) is 22.2 Å². The molecule has 3 heterocycles. The third kappa shape index (κ3) is 3.81. The number of nitrogens with one attached hydrogen (secondary N) is 1. The summed E-state index contributed by atoms with van der Waals surface area (Å²) >= 11 is 1.61. The van der Waals surface area contributed by atoms with Gasteiger partial charge in [0.2, 0.25) is 4.80 Å². The van der Waals surface area contributed by atoms with Gasteiger partial charge in [0, 0.05) is 40.2 Å². The summed E-state index contributed by atoms with van der Waals surface area (Å²) in [5.41, 5.74) is 4.33. The number of ether oxygens (including phenoxy) is 1. The van der Waals surface area contributed by atoms with E-state index < -0.39 is 0 Å². The third-order valence-corrected chi connectivity index (χ3v) is 6.00. The molecule has 0 saturated carbocycles. The maximum absolute atomic E-state index is 5.73. The van der Waals surface area contributed by atoms with Crippen molar-refractivity contribution >= 4 is 28.5 Å². The molecule has 0 bridgehead atoms. The molecule has 0 spiro atoms. The van der Waals surface area contributed by atoms with Gasteiger partial charge in [0.1, 0.15) is 0 Å². The number of H-pyrrole nitrogens is 1. The molecule has 29 heavy (non-hydrogen) atoms. The zero-order valence-electron chi connectivity index (χ0n) is 16.0. The lowest BCUT2D eigenvalue weighted by Gasteiger charge is -2.05. The van der Waals surface area contributed by atoms with Gasteiger partial charge in [0.25, 0.3) is 0 Å². The average Bonchev–Trinajstić information content (AvgIpc) is 3.51. The van der Waals surface area contributed by atoms with E-state index in [2.05, 4.69) is 34.6 Å². The van der Waals surface area contributed by atoms with E-state index in [1.54, 1.807) is 11.3 Å². The molecule has 0 aliphatic carbocycles. The second-order valence-corrected chi connectivity index (χ2v) is 7.93. The highest BCUT2D eigenvalue weighted by Gasteiger charge is 2.15. The molecule has 5 rings (SSSR count). The summed E-state index contributed by atoms with van der Waals surface area (Å²) in [6, 6.07) is 18.6. The third-order valence-electron chi connectivity index (χ3n) is 5.14. The Balaban J connectivity index is 1.55. The van der Waals surface area contributed by atoms with E-state index in [0.717, 1.165) is 52.0 Å². The lowest BCUT2D eigenvalue weighted by molar-refractivity contribution is 0.117. The van der Waals surface area contributed by atoms with Gasteiger partial charge in [-0.05, 0) is 18.9 Å². The Bertz CT molecular complexity index is 1200. The lowest BCUT2D eigenvalue weighted by atomic mass is 10.2. The summed E-state index contributed by atoms with van der Waals surface area (Å²) in [4.78, 5) is 9.02. The zero-order valence-corrected chi connectivity index (χ0v) is 16.8. The molecule has 1 N–H and O–H groups in total. The molecule has 1 fully saturated rings. The predicted molar refractivity (Wildman–Crippen MR) is 118 cm³/mol.